The number of sulfone groups is 1. The third-order valence-corrected chi connectivity index (χ3v) is 5.83. The van der Waals surface area contributed by atoms with Crippen molar-refractivity contribution in [3.8, 4) is 5.75 Å². The van der Waals surface area contributed by atoms with Crippen LogP contribution in [0.25, 0.3) is 0 Å². The average molecular weight is 338 g/mol. The third-order valence-electron chi connectivity index (χ3n) is 3.99. The highest BCUT2D eigenvalue weighted by Gasteiger charge is 2.29. The summed E-state index contributed by atoms with van der Waals surface area (Å²) in [5.41, 5.74) is 1.04. The first-order valence-electron chi connectivity index (χ1n) is 7.44. The summed E-state index contributed by atoms with van der Waals surface area (Å²) in [6.07, 6.45) is 0.157. The molecule has 1 aromatic rings. The van der Waals surface area contributed by atoms with Crippen molar-refractivity contribution in [3.05, 3.63) is 18.2 Å². The van der Waals surface area contributed by atoms with Gasteiger partial charge in [0.15, 0.2) is 15.9 Å². The molecular weight excluding hydrogens is 320 g/mol. The van der Waals surface area contributed by atoms with E-state index in [-0.39, 0.29) is 35.7 Å². The molecule has 0 saturated carbocycles. The Hall–Kier alpha value is -2.09. The standard InChI is InChI=1S/C15H18N2O5S/c1-9-15(19)17-12-7-11(2-3-13(12)22-9)16-14(18)6-10-4-5-23(20,21)8-10/h2-3,7,9-10H,4-6,8H2,1H3,(H,16,18)(H,17,19)/t9-,10+/m1/s1. The number of benzene rings is 1. The largest absolute Gasteiger partial charge is 0.479 e. The maximum Gasteiger partial charge on any atom is 0.265 e. The van der Waals surface area contributed by atoms with Crippen molar-refractivity contribution >= 4 is 33.0 Å². The highest BCUT2D eigenvalue weighted by molar-refractivity contribution is 7.91. The van der Waals surface area contributed by atoms with E-state index in [9.17, 15) is 18.0 Å². The second kappa shape index (κ2) is 5.84. The number of hydrogen-bond acceptors (Lipinski definition) is 5. The molecular formula is C15H18N2O5S. The molecule has 2 aliphatic rings. The predicted molar refractivity (Wildman–Crippen MR) is 85.2 cm³/mol. The molecule has 0 radical (unpaired) electrons. The van der Waals surface area contributed by atoms with Crippen LogP contribution in [0.4, 0.5) is 11.4 Å². The van der Waals surface area contributed by atoms with Crippen LogP contribution in [0.15, 0.2) is 18.2 Å². The Morgan fingerprint density at radius 3 is 2.91 bits per heavy atom. The molecule has 124 valence electrons. The number of anilines is 2. The van der Waals surface area contributed by atoms with E-state index in [1.165, 1.54) is 0 Å². The number of ether oxygens (including phenoxy) is 1. The van der Waals surface area contributed by atoms with E-state index >= 15 is 0 Å². The van der Waals surface area contributed by atoms with Gasteiger partial charge in [0.2, 0.25) is 5.91 Å². The third kappa shape index (κ3) is 3.64. The summed E-state index contributed by atoms with van der Waals surface area (Å²) in [5, 5.41) is 5.44. The quantitative estimate of drug-likeness (QED) is 0.861. The molecule has 2 N–H and O–H groups in total. The predicted octanol–water partition coefficient (Wildman–Crippen LogP) is 1.17. The Morgan fingerprint density at radius 1 is 1.43 bits per heavy atom. The minimum Gasteiger partial charge on any atom is -0.479 e. The summed E-state index contributed by atoms with van der Waals surface area (Å²) < 4.78 is 28.3. The number of fused-ring (bicyclic) bond motifs is 1. The fourth-order valence-electron chi connectivity index (χ4n) is 2.79. The van der Waals surface area contributed by atoms with Crippen LogP contribution < -0.4 is 15.4 Å². The molecule has 8 heteroatoms. The Kier molecular flexibility index (Phi) is 4.01. The van der Waals surface area contributed by atoms with Gasteiger partial charge in [-0.05, 0) is 37.5 Å². The molecule has 0 spiro atoms. The van der Waals surface area contributed by atoms with E-state index < -0.39 is 15.9 Å². The van der Waals surface area contributed by atoms with E-state index in [1.54, 1.807) is 25.1 Å². The van der Waals surface area contributed by atoms with Gasteiger partial charge in [0.25, 0.3) is 5.91 Å². The molecule has 0 bridgehead atoms. The van der Waals surface area contributed by atoms with E-state index in [0.29, 0.717) is 23.5 Å². The number of nitrogens with one attached hydrogen (secondary N) is 2. The summed E-state index contributed by atoms with van der Waals surface area (Å²) in [7, 11) is -2.98. The molecule has 1 fully saturated rings. The molecule has 2 amide bonds. The molecule has 2 heterocycles. The Balaban J connectivity index is 1.63. The fourth-order valence-corrected chi connectivity index (χ4v) is 4.66. The van der Waals surface area contributed by atoms with E-state index in [4.69, 9.17) is 4.74 Å². The van der Waals surface area contributed by atoms with Gasteiger partial charge in [-0.2, -0.15) is 0 Å². The Morgan fingerprint density at radius 2 is 2.22 bits per heavy atom. The number of carbonyl (C=O) groups excluding carboxylic acids is 2. The van der Waals surface area contributed by atoms with E-state index in [0.717, 1.165) is 0 Å². The zero-order chi connectivity index (χ0) is 16.6. The van der Waals surface area contributed by atoms with Crippen molar-refractivity contribution < 1.29 is 22.7 Å². The highest BCUT2D eigenvalue weighted by atomic mass is 32.2. The number of rotatable bonds is 3. The highest BCUT2D eigenvalue weighted by Crippen LogP contribution is 2.32. The summed E-state index contributed by atoms with van der Waals surface area (Å²) in [6.45, 7) is 1.66. The lowest BCUT2D eigenvalue weighted by Gasteiger charge is -2.23. The second-order valence-corrected chi connectivity index (χ2v) is 8.21. The second-order valence-electron chi connectivity index (χ2n) is 5.98. The van der Waals surface area contributed by atoms with Gasteiger partial charge in [0.05, 0.1) is 17.2 Å². The van der Waals surface area contributed by atoms with Gasteiger partial charge in [-0.15, -0.1) is 0 Å². The zero-order valence-corrected chi connectivity index (χ0v) is 13.5. The van der Waals surface area contributed by atoms with Crippen LogP contribution in [-0.2, 0) is 19.4 Å². The first-order chi connectivity index (χ1) is 10.8. The molecule has 7 nitrogen and oxygen atoms in total. The monoisotopic (exact) mass is 338 g/mol. The van der Waals surface area contributed by atoms with Crippen LogP contribution in [0.5, 0.6) is 5.75 Å². The smallest absolute Gasteiger partial charge is 0.265 e. The fraction of sp³-hybridized carbons (Fsp3) is 0.467. The van der Waals surface area contributed by atoms with Gasteiger partial charge in [0.1, 0.15) is 5.75 Å². The average Bonchev–Trinajstić information content (AvgIpc) is 2.79. The van der Waals surface area contributed by atoms with Crippen LogP contribution in [0.2, 0.25) is 0 Å². The molecule has 3 rings (SSSR count). The summed E-state index contributed by atoms with van der Waals surface area (Å²) in [5.74, 6) is 0.191. The van der Waals surface area contributed by atoms with Gasteiger partial charge in [-0.3, -0.25) is 9.59 Å². The van der Waals surface area contributed by atoms with Crippen molar-refractivity contribution in [2.45, 2.75) is 25.9 Å². The van der Waals surface area contributed by atoms with Gasteiger partial charge in [-0.25, -0.2) is 8.42 Å². The van der Waals surface area contributed by atoms with Crippen LogP contribution in [0.1, 0.15) is 19.8 Å². The first kappa shape index (κ1) is 15.8. The molecule has 1 saturated heterocycles. The van der Waals surface area contributed by atoms with Crippen molar-refractivity contribution in [2.75, 3.05) is 22.1 Å². The molecule has 2 aliphatic heterocycles. The first-order valence-corrected chi connectivity index (χ1v) is 9.26. The molecule has 0 unspecified atom stereocenters. The van der Waals surface area contributed by atoms with Crippen molar-refractivity contribution in [1.82, 2.24) is 0 Å². The van der Waals surface area contributed by atoms with Crippen LogP contribution in [0.3, 0.4) is 0 Å². The molecule has 2 atom stereocenters. The van der Waals surface area contributed by atoms with Crippen molar-refractivity contribution in [2.24, 2.45) is 5.92 Å². The molecule has 0 aromatic heterocycles. The number of hydrogen-bond donors (Lipinski definition) is 2. The van der Waals surface area contributed by atoms with Crippen molar-refractivity contribution in [3.63, 3.8) is 0 Å². The lowest BCUT2D eigenvalue weighted by Crippen LogP contribution is -2.34. The summed E-state index contributed by atoms with van der Waals surface area (Å²) >= 11 is 0. The Labute approximate surface area is 134 Å². The SMILES string of the molecule is C[C@H]1Oc2ccc(NC(=O)C[C@@H]3CCS(=O)(=O)C3)cc2NC1=O. The maximum absolute atomic E-state index is 12.0. The molecule has 23 heavy (non-hydrogen) atoms. The lowest BCUT2D eigenvalue weighted by molar-refractivity contribution is -0.122. The minimum absolute atomic E-state index is 0.0758. The minimum atomic E-state index is -2.98. The normalized spacial score (nSPS) is 25.2. The maximum atomic E-state index is 12.0. The van der Waals surface area contributed by atoms with Gasteiger partial charge >= 0.3 is 0 Å². The van der Waals surface area contributed by atoms with Crippen LogP contribution >= 0.6 is 0 Å². The molecule has 1 aromatic carbocycles. The van der Waals surface area contributed by atoms with Gasteiger partial charge < -0.3 is 15.4 Å². The van der Waals surface area contributed by atoms with E-state index in [1.807, 2.05) is 0 Å². The zero-order valence-electron chi connectivity index (χ0n) is 12.7. The van der Waals surface area contributed by atoms with Crippen LogP contribution in [0, 0.1) is 5.92 Å². The Bertz CT molecular complexity index is 759. The topological polar surface area (TPSA) is 102 Å². The van der Waals surface area contributed by atoms with Gasteiger partial charge in [0, 0.05) is 12.1 Å². The summed E-state index contributed by atoms with van der Waals surface area (Å²) in [6, 6.07) is 5.00. The number of amides is 2. The lowest BCUT2D eigenvalue weighted by atomic mass is 10.0. The van der Waals surface area contributed by atoms with Crippen LogP contribution in [-0.4, -0.2) is 37.8 Å². The molecule has 0 aliphatic carbocycles. The summed E-state index contributed by atoms with van der Waals surface area (Å²) in [4.78, 5) is 23.6. The van der Waals surface area contributed by atoms with E-state index in [2.05, 4.69) is 10.6 Å². The van der Waals surface area contributed by atoms with Crippen molar-refractivity contribution in [1.29, 1.82) is 0 Å². The number of carbonyl (C=O) groups is 2. The van der Waals surface area contributed by atoms with Gasteiger partial charge in [-0.1, -0.05) is 0 Å².